The Bertz CT molecular complexity index is 886. The zero-order valence-corrected chi connectivity index (χ0v) is 17.4. The standard InChI is InChI=1S/C21H23Cl2N3O2/c1-25(2)18-7-4-3-6-14(18)13-24-20(27)19-8-5-11-26(19)21(28)16-12-15(22)9-10-17(16)23/h3-4,6-7,9-10,12,19H,5,8,11,13H2,1-2H3,(H,24,27)/t19-/m0/s1. The van der Waals surface area contributed by atoms with E-state index in [1.54, 1.807) is 23.1 Å². The van der Waals surface area contributed by atoms with Gasteiger partial charge in [0.05, 0.1) is 10.6 Å². The van der Waals surface area contributed by atoms with Gasteiger partial charge in [0.2, 0.25) is 5.91 Å². The van der Waals surface area contributed by atoms with E-state index in [0.29, 0.717) is 35.1 Å². The van der Waals surface area contributed by atoms with Gasteiger partial charge in [0.25, 0.3) is 5.91 Å². The SMILES string of the molecule is CN(C)c1ccccc1CNC(=O)[C@@H]1CCCN1C(=O)c1cc(Cl)ccc1Cl. The van der Waals surface area contributed by atoms with Gasteiger partial charge < -0.3 is 15.1 Å². The van der Waals surface area contributed by atoms with Crippen molar-refractivity contribution in [1.82, 2.24) is 10.2 Å². The predicted octanol–water partition coefficient (Wildman–Crippen LogP) is 3.98. The summed E-state index contributed by atoms with van der Waals surface area (Å²) in [5, 5.41) is 3.75. The van der Waals surface area contributed by atoms with E-state index in [0.717, 1.165) is 17.7 Å². The first kappa shape index (κ1) is 20.5. The van der Waals surface area contributed by atoms with E-state index in [1.165, 1.54) is 0 Å². The maximum atomic E-state index is 12.9. The van der Waals surface area contributed by atoms with Crippen LogP contribution in [0, 0.1) is 0 Å². The average Bonchev–Trinajstić information content (AvgIpc) is 3.17. The molecule has 1 heterocycles. The number of carbonyl (C=O) groups is 2. The van der Waals surface area contributed by atoms with Gasteiger partial charge in [-0.2, -0.15) is 0 Å². The number of amides is 2. The predicted molar refractivity (Wildman–Crippen MR) is 113 cm³/mol. The summed E-state index contributed by atoms with van der Waals surface area (Å²) in [6, 6.07) is 12.2. The highest BCUT2D eigenvalue weighted by molar-refractivity contribution is 6.35. The third kappa shape index (κ3) is 4.42. The number of para-hydroxylation sites is 1. The first-order chi connectivity index (χ1) is 13.4. The Morgan fingerprint density at radius 1 is 1.18 bits per heavy atom. The first-order valence-corrected chi connectivity index (χ1v) is 9.93. The summed E-state index contributed by atoms with van der Waals surface area (Å²) in [5.74, 6) is -0.420. The van der Waals surface area contributed by atoms with Crippen LogP contribution in [0.25, 0.3) is 0 Å². The topological polar surface area (TPSA) is 52.7 Å². The molecule has 2 aromatic rings. The van der Waals surface area contributed by atoms with E-state index in [-0.39, 0.29) is 11.8 Å². The van der Waals surface area contributed by atoms with Crippen LogP contribution in [-0.4, -0.2) is 43.4 Å². The summed E-state index contributed by atoms with van der Waals surface area (Å²) in [7, 11) is 3.93. The number of likely N-dealkylation sites (tertiary alicyclic amines) is 1. The molecule has 7 heteroatoms. The second kappa shape index (κ2) is 8.84. The van der Waals surface area contributed by atoms with Gasteiger partial charge in [-0.15, -0.1) is 0 Å². The summed E-state index contributed by atoms with van der Waals surface area (Å²) < 4.78 is 0. The van der Waals surface area contributed by atoms with Crippen molar-refractivity contribution in [3.8, 4) is 0 Å². The van der Waals surface area contributed by atoms with E-state index >= 15 is 0 Å². The Morgan fingerprint density at radius 3 is 2.68 bits per heavy atom. The van der Waals surface area contributed by atoms with Crippen molar-refractivity contribution in [3.05, 3.63) is 63.6 Å². The van der Waals surface area contributed by atoms with Crippen LogP contribution >= 0.6 is 23.2 Å². The van der Waals surface area contributed by atoms with Gasteiger partial charge in [0.15, 0.2) is 0 Å². The number of halogens is 2. The zero-order valence-electron chi connectivity index (χ0n) is 15.9. The third-order valence-electron chi connectivity index (χ3n) is 4.90. The summed E-state index contributed by atoms with van der Waals surface area (Å²) >= 11 is 12.2. The minimum absolute atomic E-state index is 0.155. The molecule has 1 aliphatic heterocycles. The van der Waals surface area contributed by atoms with Crippen molar-refractivity contribution >= 4 is 40.7 Å². The number of nitrogens with zero attached hydrogens (tertiary/aromatic N) is 2. The van der Waals surface area contributed by atoms with Crippen molar-refractivity contribution in [2.75, 3.05) is 25.5 Å². The largest absolute Gasteiger partial charge is 0.377 e. The quantitative estimate of drug-likeness (QED) is 0.796. The fourth-order valence-corrected chi connectivity index (χ4v) is 3.87. The number of anilines is 1. The Hall–Kier alpha value is -2.24. The normalized spacial score (nSPS) is 16.1. The molecule has 5 nitrogen and oxygen atoms in total. The van der Waals surface area contributed by atoms with Gasteiger partial charge >= 0.3 is 0 Å². The molecular weight excluding hydrogens is 397 g/mol. The molecule has 1 saturated heterocycles. The molecule has 1 atom stereocenters. The third-order valence-corrected chi connectivity index (χ3v) is 5.47. The number of hydrogen-bond acceptors (Lipinski definition) is 3. The van der Waals surface area contributed by atoms with Crippen LogP contribution in [0.15, 0.2) is 42.5 Å². The summed E-state index contributed by atoms with van der Waals surface area (Å²) in [6.45, 7) is 0.928. The van der Waals surface area contributed by atoms with E-state index in [1.807, 2.05) is 43.3 Å². The maximum Gasteiger partial charge on any atom is 0.256 e. The molecule has 1 aliphatic rings. The molecule has 28 heavy (non-hydrogen) atoms. The van der Waals surface area contributed by atoms with Crippen LogP contribution in [0.5, 0.6) is 0 Å². The highest BCUT2D eigenvalue weighted by Crippen LogP contribution is 2.26. The molecule has 0 aliphatic carbocycles. The highest BCUT2D eigenvalue weighted by Gasteiger charge is 2.35. The van der Waals surface area contributed by atoms with Gasteiger partial charge in [0.1, 0.15) is 6.04 Å². The van der Waals surface area contributed by atoms with Crippen molar-refractivity contribution in [2.45, 2.75) is 25.4 Å². The Balaban J connectivity index is 1.71. The first-order valence-electron chi connectivity index (χ1n) is 9.17. The summed E-state index contributed by atoms with van der Waals surface area (Å²) in [6.07, 6.45) is 1.40. The van der Waals surface area contributed by atoms with Crippen molar-refractivity contribution in [3.63, 3.8) is 0 Å². The molecule has 0 bridgehead atoms. The van der Waals surface area contributed by atoms with E-state index < -0.39 is 6.04 Å². The number of rotatable bonds is 5. The van der Waals surface area contributed by atoms with Crippen LogP contribution in [0.2, 0.25) is 10.0 Å². The van der Waals surface area contributed by atoms with Crippen molar-refractivity contribution in [1.29, 1.82) is 0 Å². The lowest BCUT2D eigenvalue weighted by atomic mass is 10.1. The lowest BCUT2D eigenvalue weighted by Gasteiger charge is -2.25. The molecule has 1 fully saturated rings. The minimum atomic E-state index is -0.505. The van der Waals surface area contributed by atoms with Gasteiger partial charge in [0, 0.05) is 37.9 Å². The fraction of sp³-hybridized carbons (Fsp3) is 0.333. The minimum Gasteiger partial charge on any atom is -0.377 e. The lowest BCUT2D eigenvalue weighted by Crippen LogP contribution is -2.45. The van der Waals surface area contributed by atoms with E-state index in [9.17, 15) is 9.59 Å². The number of hydrogen-bond donors (Lipinski definition) is 1. The number of carbonyl (C=O) groups excluding carboxylic acids is 2. The Kier molecular flexibility index (Phi) is 6.47. The van der Waals surface area contributed by atoms with Gasteiger partial charge in [-0.25, -0.2) is 0 Å². The molecular formula is C21H23Cl2N3O2. The zero-order chi connectivity index (χ0) is 20.3. The monoisotopic (exact) mass is 419 g/mol. The van der Waals surface area contributed by atoms with Gasteiger partial charge in [-0.1, -0.05) is 41.4 Å². The smallest absolute Gasteiger partial charge is 0.256 e. The second-order valence-electron chi connectivity index (χ2n) is 7.02. The molecule has 0 saturated carbocycles. The molecule has 0 radical (unpaired) electrons. The van der Waals surface area contributed by atoms with Gasteiger partial charge in [-0.3, -0.25) is 9.59 Å². The fourth-order valence-electron chi connectivity index (χ4n) is 3.50. The van der Waals surface area contributed by atoms with Gasteiger partial charge in [-0.05, 0) is 42.7 Å². The Morgan fingerprint density at radius 2 is 1.93 bits per heavy atom. The Labute approximate surface area is 175 Å². The molecule has 0 aromatic heterocycles. The molecule has 0 unspecified atom stereocenters. The van der Waals surface area contributed by atoms with Crippen molar-refractivity contribution < 1.29 is 9.59 Å². The van der Waals surface area contributed by atoms with Crippen LogP contribution in [0.3, 0.4) is 0 Å². The molecule has 3 rings (SSSR count). The lowest BCUT2D eigenvalue weighted by molar-refractivity contribution is -0.125. The summed E-state index contributed by atoms with van der Waals surface area (Å²) in [5.41, 5.74) is 2.40. The van der Waals surface area contributed by atoms with Crippen LogP contribution in [-0.2, 0) is 11.3 Å². The molecule has 148 valence electrons. The van der Waals surface area contributed by atoms with Crippen molar-refractivity contribution in [2.24, 2.45) is 0 Å². The van der Waals surface area contributed by atoms with E-state index in [4.69, 9.17) is 23.2 Å². The molecule has 2 amide bonds. The molecule has 0 spiro atoms. The van der Waals surface area contributed by atoms with Crippen LogP contribution in [0.1, 0.15) is 28.8 Å². The second-order valence-corrected chi connectivity index (χ2v) is 7.87. The summed E-state index contributed by atoms with van der Waals surface area (Å²) in [4.78, 5) is 29.4. The maximum absolute atomic E-state index is 12.9. The average molecular weight is 420 g/mol. The van der Waals surface area contributed by atoms with E-state index in [2.05, 4.69) is 5.32 Å². The highest BCUT2D eigenvalue weighted by atomic mass is 35.5. The number of benzene rings is 2. The van der Waals surface area contributed by atoms with Crippen LogP contribution < -0.4 is 10.2 Å². The molecule has 2 aromatic carbocycles. The van der Waals surface area contributed by atoms with Crippen LogP contribution in [0.4, 0.5) is 5.69 Å². The molecule has 1 N–H and O–H groups in total. The number of nitrogens with one attached hydrogen (secondary N) is 1.